The largest absolute Gasteiger partial charge is 0.508 e. The van der Waals surface area contributed by atoms with Crippen LogP contribution in [0.2, 0.25) is 10.0 Å². The number of unbranched alkanes of at least 4 members (excludes halogenated alkanes) is 4. The number of aliphatic hydroxyl groups is 11. The number of nitrogens with two attached hydrogens (primary N) is 1. The predicted molar refractivity (Wildman–Crippen MR) is 458 cm³/mol. The van der Waals surface area contributed by atoms with Gasteiger partial charge in [0.2, 0.25) is 65.6 Å². The average Bonchev–Trinajstić information content (AvgIpc) is 0.755. The van der Waals surface area contributed by atoms with Crippen LogP contribution in [0.3, 0.4) is 0 Å². The molecule has 1 aliphatic carbocycles. The molecule has 8 amide bonds. The van der Waals surface area contributed by atoms with Gasteiger partial charge in [0.25, 0.3) is 0 Å². The number of phenolic OH excluding ortho intramolecular Hbond substituents is 3. The van der Waals surface area contributed by atoms with E-state index in [1.165, 1.54) is 30.3 Å². The molecule has 16 rings (SSSR count). The van der Waals surface area contributed by atoms with Crippen LogP contribution in [0.25, 0.3) is 0 Å². The van der Waals surface area contributed by atoms with Crippen LogP contribution in [0.15, 0.2) is 121 Å². The Kier molecular flexibility index (Phi) is 30.4. The lowest BCUT2D eigenvalue weighted by Gasteiger charge is -2.44. The molecule has 25 unspecified atom stereocenters. The molecule has 17 bridgehead atoms. The molecule has 6 aromatic rings. The Morgan fingerprint density at radius 2 is 1.11 bits per heavy atom. The van der Waals surface area contributed by atoms with E-state index in [0.29, 0.717) is 18.8 Å². The maximum Gasteiger partial charge on any atom is 0.330 e. The van der Waals surface area contributed by atoms with Crippen molar-refractivity contribution in [3.05, 3.63) is 170 Å². The van der Waals surface area contributed by atoms with Crippen molar-refractivity contribution >= 4 is 76.4 Å². The molecule has 42 nitrogen and oxygen atoms in total. The molecular weight excluding hydrogens is 1790 g/mol. The van der Waals surface area contributed by atoms with Gasteiger partial charge in [-0.05, 0) is 118 Å². The molecule has 3 fully saturated rings. The molecule has 0 spiro atoms. The minimum absolute atomic E-state index is 0.0292. The first-order chi connectivity index (χ1) is 63.4. The summed E-state index contributed by atoms with van der Waals surface area (Å²) >= 11 is 14.7. The van der Waals surface area contributed by atoms with Gasteiger partial charge in [-0.2, -0.15) is 0 Å². The van der Waals surface area contributed by atoms with Crippen LogP contribution in [0.5, 0.6) is 63.2 Å². The zero-order valence-corrected chi connectivity index (χ0v) is 72.7. The number of aromatic hydroxyl groups is 3. The number of nitrogens with one attached hydrogen (secondary N) is 8. The number of fused-ring (bicyclic) bond motifs is 13. The Morgan fingerprint density at radius 1 is 0.534 bits per heavy atom. The number of benzene rings is 6. The number of carbonyl (C=O) groups excluding carboxylic acids is 8. The number of aliphatic carboxylic acids is 1. The number of amides is 8. The first-order valence-electron chi connectivity index (χ1n) is 42.7. The molecule has 6 aromatic carbocycles. The SMILES string of the molecule is CC(=O)NC1C(OC2c3ccc(c(Cl)c3)Oc3cc4cc(c3OC3OC(CO)C(O)C(O)C3NC(=O)CCCCCCCC(C)C)Oc3ccc(cc3Cl)CC3NC(=O)C(N)c5ccc(O)c(c5)Oc5cc(O)cc(c5)C(NC3=O)C(=O)NC4C(=O)NC3C(=O)NC2C(=O)NC(C(=O)O)c2cc(O)cc(OC4OC(CO)C(O)C(O)C4O)c2C2C=C3C=CC2O)OC(CO)C(O)C1O. The first kappa shape index (κ1) is 97.4. The van der Waals surface area contributed by atoms with Gasteiger partial charge in [0, 0.05) is 43.4 Å². The Balaban J connectivity index is 1.03. The van der Waals surface area contributed by atoms with Crippen molar-refractivity contribution in [1.82, 2.24) is 42.5 Å². The molecule has 0 radical (unpaired) electrons. The molecule has 9 heterocycles. The van der Waals surface area contributed by atoms with Gasteiger partial charge in [-0.1, -0.05) is 106 Å². The van der Waals surface area contributed by atoms with Crippen molar-refractivity contribution in [2.75, 3.05) is 19.8 Å². The number of rotatable bonds is 20. The van der Waals surface area contributed by atoms with Gasteiger partial charge in [0.15, 0.2) is 35.3 Å². The highest BCUT2D eigenvalue weighted by Crippen LogP contribution is 2.51. The maximum atomic E-state index is 17.0. The van der Waals surface area contributed by atoms with Crippen molar-refractivity contribution < 1.29 is 162 Å². The minimum atomic E-state index is -2.58. The third-order valence-electron chi connectivity index (χ3n) is 23.9. The van der Waals surface area contributed by atoms with E-state index in [0.717, 1.165) is 118 Å². The van der Waals surface area contributed by atoms with Crippen LogP contribution in [0.4, 0.5) is 0 Å². The number of carbonyl (C=O) groups is 9. The van der Waals surface area contributed by atoms with E-state index in [1.54, 1.807) is 0 Å². The number of hydrogen-bond acceptors (Lipinski definition) is 33. The van der Waals surface area contributed by atoms with Gasteiger partial charge < -0.3 is 167 Å². The van der Waals surface area contributed by atoms with Gasteiger partial charge >= 0.3 is 5.97 Å². The average molecular weight is 1900 g/mol. The van der Waals surface area contributed by atoms with Crippen LogP contribution in [-0.2, 0) is 68.5 Å². The molecule has 0 saturated carbocycles. The zero-order valence-electron chi connectivity index (χ0n) is 71.1. The highest BCUT2D eigenvalue weighted by Gasteiger charge is 2.53. The van der Waals surface area contributed by atoms with Gasteiger partial charge in [0.1, 0.15) is 150 Å². The van der Waals surface area contributed by atoms with E-state index in [-0.39, 0.29) is 45.4 Å². The standard InChI is InChI=1S/C89H101Cl2N9O33/c1-34(2)9-7-5-4-6-8-10-61(109)95-69-75(114)72(111)59(32-102)130-88(69)133-79-56-26-41-27-57(79)127-53-18-14-39(24-48(53)91)78(132-87-68(93-35(3)104)74(113)71(110)58(31-101)129-87)70-85(122)99-67(86(123)124)46-29-43(106)30-55(128-89-77(116)76(115)73(112)60(33-103)131-89)62(46)45-23-38(13-15-50(45)107)64(82(119)100-70)97-84(121)66(41)98-83(120)65-40-21-42(105)28-44(22-40)125-54-25-37(12-16-51(54)108)63(92)81(118)94-49(80(117)96-65)20-36-11-17-52(126-56)47(90)19-36/h11-19,21-30,34,45,49-50,58-60,63-78,87-89,101-103,105-108,110-116H,4-10,20,31-33,92H2,1-3H3,(H,93,104)(H,94,118)(H,95,109)(H,96,117)(H,97,121)(H,98,120)(H,99,122)(H,100,119)(H,123,124). The monoisotopic (exact) mass is 1890 g/mol. The van der Waals surface area contributed by atoms with Crippen molar-refractivity contribution in [2.24, 2.45) is 11.7 Å². The second kappa shape index (κ2) is 41.5. The second-order valence-electron chi connectivity index (χ2n) is 33.8. The van der Waals surface area contributed by atoms with Crippen molar-refractivity contribution in [2.45, 2.75) is 225 Å². The molecule has 3 saturated heterocycles. The van der Waals surface area contributed by atoms with Gasteiger partial charge in [-0.15, -0.1) is 0 Å². The summed E-state index contributed by atoms with van der Waals surface area (Å²) in [4.78, 5) is 139. The topological polar surface area (TPSA) is 662 Å². The highest BCUT2D eigenvalue weighted by atomic mass is 35.5. The second-order valence-corrected chi connectivity index (χ2v) is 34.7. The third-order valence-corrected chi connectivity index (χ3v) is 24.5. The quantitative estimate of drug-likeness (QED) is 0.0457. The van der Waals surface area contributed by atoms with Gasteiger partial charge in [-0.3, -0.25) is 38.4 Å². The molecule has 9 aliphatic heterocycles. The highest BCUT2D eigenvalue weighted by molar-refractivity contribution is 6.32. The summed E-state index contributed by atoms with van der Waals surface area (Å²) in [6.45, 7) is 2.05. The van der Waals surface area contributed by atoms with Crippen molar-refractivity contribution in [1.29, 1.82) is 0 Å². The fraction of sp³-hybridized carbons (Fsp3) is 0.449. The van der Waals surface area contributed by atoms with E-state index in [4.69, 9.17) is 71.6 Å². The summed E-state index contributed by atoms with van der Waals surface area (Å²) in [6, 6.07) is -1.90. The van der Waals surface area contributed by atoms with E-state index in [1.807, 2.05) is 0 Å². The summed E-state index contributed by atoms with van der Waals surface area (Å²) < 4.78 is 57.6. The zero-order chi connectivity index (χ0) is 95.6. The van der Waals surface area contributed by atoms with E-state index >= 15 is 24.0 Å². The minimum Gasteiger partial charge on any atom is -0.508 e. The molecule has 0 aromatic heterocycles. The van der Waals surface area contributed by atoms with E-state index in [2.05, 4.69) is 56.4 Å². The Morgan fingerprint density at radius 3 is 1.74 bits per heavy atom. The Hall–Kier alpha value is -11.6. The molecule has 10 aliphatic rings. The number of carboxylic acid groups (broad SMARTS) is 1. The van der Waals surface area contributed by atoms with Crippen LogP contribution in [-0.4, -0.2) is 266 Å². The lowest BCUT2D eigenvalue weighted by atomic mass is 9.80. The number of aliphatic hydroxyl groups excluding tert-OH is 11. The smallest absolute Gasteiger partial charge is 0.330 e. The van der Waals surface area contributed by atoms with E-state index < -0.39 is 311 Å². The summed E-state index contributed by atoms with van der Waals surface area (Å²) in [5.74, 6) is -19.9. The van der Waals surface area contributed by atoms with Crippen LogP contribution >= 0.6 is 23.2 Å². The fourth-order valence-corrected chi connectivity index (χ4v) is 17.4. The molecule has 25 N–H and O–H groups in total. The summed E-state index contributed by atoms with van der Waals surface area (Å²) in [6.07, 6.45) is -23.6. The van der Waals surface area contributed by atoms with Crippen LogP contribution < -0.4 is 72.0 Å². The molecular formula is C89H101Cl2N9O33. The fourth-order valence-electron chi connectivity index (χ4n) is 16.9. The van der Waals surface area contributed by atoms with Crippen molar-refractivity contribution in [3.63, 3.8) is 0 Å². The molecule has 25 atom stereocenters. The number of ether oxygens (including phenoxy) is 9. The third kappa shape index (κ3) is 21.5. The van der Waals surface area contributed by atoms with Crippen molar-refractivity contribution in [3.8, 4) is 63.2 Å². The number of carboxylic acids is 1. The number of phenols is 3. The lowest BCUT2D eigenvalue weighted by molar-refractivity contribution is -0.284. The van der Waals surface area contributed by atoms with Crippen LogP contribution in [0, 0.1) is 5.92 Å². The number of halogens is 2. The summed E-state index contributed by atoms with van der Waals surface area (Å²) in [5, 5.41) is 191. The van der Waals surface area contributed by atoms with Gasteiger partial charge in [0.05, 0.1) is 36.0 Å². The Bertz CT molecular complexity index is 5480. The predicted octanol–water partition coefficient (Wildman–Crippen LogP) is 0.305. The first-order valence-corrected chi connectivity index (χ1v) is 43.5. The van der Waals surface area contributed by atoms with Gasteiger partial charge in [-0.25, -0.2) is 4.79 Å². The normalized spacial score (nSPS) is 30.5. The molecule has 133 heavy (non-hydrogen) atoms. The van der Waals surface area contributed by atoms with E-state index in [9.17, 15) is 95.8 Å². The summed E-state index contributed by atoms with van der Waals surface area (Å²) in [5.41, 5.74) is 3.70. The van der Waals surface area contributed by atoms with Crippen LogP contribution in [0.1, 0.15) is 141 Å². The molecule has 714 valence electrons. The maximum absolute atomic E-state index is 17.0. The summed E-state index contributed by atoms with van der Waals surface area (Å²) in [7, 11) is 0. The lowest BCUT2D eigenvalue weighted by Crippen LogP contribution is -2.65. The molecule has 44 heteroatoms. The number of hydrogen-bond donors (Lipinski definition) is 24. The Labute approximate surface area is 766 Å².